The molecule has 0 radical (unpaired) electrons. The van der Waals surface area contributed by atoms with Gasteiger partial charge in [0, 0.05) is 32.1 Å². The lowest BCUT2D eigenvalue weighted by Crippen LogP contribution is -2.48. The fourth-order valence-electron chi connectivity index (χ4n) is 3.97. The van der Waals surface area contributed by atoms with E-state index in [1.54, 1.807) is 12.1 Å². The van der Waals surface area contributed by atoms with Crippen molar-refractivity contribution in [3.63, 3.8) is 0 Å². The number of fused-ring (bicyclic) bond motifs is 1. The molecule has 3 rings (SSSR count). The van der Waals surface area contributed by atoms with Gasteiger partial charge in [-0.3, -0.25) is 4.79 Å². The number of hydrogen-bond acceptors (Lipinski definition) is 4. The Morgan fingerprint density at radius 2 is 1.89 bits per heavy atom. The molecule has 6 nitrogen and oxygen atoms in total. The number of piperidine rings is 1. The Hall–Kier alpha value is -1.15. The Bertz CT molecular complexity index is 755. The van der Waals surface area contributed by atoms with Gasteiger partial charge >= 0.3 is 0 Å². The van der Waals surface area contributed by atoms with Gasteiger partial charge in [0.2, 0.25) is 15.9 Å². The first kappa shape index (κ1) is 22.1. The second kappa shape index (κ2) is 9.87. The summed E-state index contributed by atoms with van der Waals surface area (Å²) < 4.78 is 27.7. The highest BCUT2D eigenvalue weighted by molar-refractivity contribution is 7.89. The van der Waals surface area contributed by atoms with E-state index in [9.17, 15) is 13.2 Å². The van der Waals surface area contributed by atoms with Crippen molar-refractivity contribution in [2.75, 3.05) is 19.6 Å². The number of aryl methyl sites for hydroxylation is 2. The molecule has 27 heavy (non-hydrogen) atoms. The molecule has 2 aliphatic rings. The molecule has 1 atom stereocenters. The molecule has 0 spiro atoms. The van der Waals surface area contributed by atoms with Crippen molar-refractivity contribution < 1.29 is 13.2 Å². The summed E-state index contributed by atoms with van der Waals surface area (Å²) in [6.07, 6.45) is 7.42. The molecule has 1 aromatic carbocycles. The lowest BCUT2D eigenvalue weighted by atomic mass is 9.92. The topological polar surface area (TPSA) is 92.5 Å². The van der Waals surface area contributed by atoms with Crippen LogP contribution in [-0.4, -0.2) is 44.9 Å². The Balaban J connectivity index is 0.00000261. The smallest absolute Gasteiger partial charge is 0.240 e. The largest absolute Gasteiger partial charge is 0.338 e. The number of sulfonamides is 1. The molecule has 0 bridgehead atoms. The van der Waals surface area contributed by atoms with Gasteiger partial charge in [0.15, 0.2) is 0 Å². The Kier molecular flexibility index (Phi) is 8.09. The summed E-state index contributed by atoms with van der Waals surface area (Å²) in [5.74, 6) is -0.0201. The third-order valence-corrected chi connectivity index (χ3v) is 6.94. The molecule has 8 heteroatoms. The van der Waals surface area contributed by atoms with Crippen molar-refractivity contribution in [2.45, 2.75) is 62.3 Å². The van der Waals surface area contributed by atoms with Crippen molar-refractivity contribution in [3.05, 3.63) is 29.3 Å². The average molecular weight is 416 g/mol. The first-order valence-corrected chi connectivity index (χ1v) is 11.1. The van der Waals surface area contributed by atoms with Gasteiger partial charge < -0.3 is 10.6 Å². The van der Waals surface area contributed by atoms with Crippen molar-refractivity contribution in [3.8, 4) is 0 Å². The normalized spacial score (nSPS) is 19.9. The van der Waals surface area contributed by atoms with Crippen molar-refractivity contribution in [2.24, 2.45) is 5.73 Å². The molecule has 3 N–H and O–H groups in total. The molecule has 1 aliphatic carbocycles. The highest BCUT2D eigenvalue weighted by Gasteiger charge is 2.25. The lowest BCUT2D eigenvalue weighted by molar-refractivity contribution is -0.134. The number of nitrogens with zero attached hydrogens (tertiary/aromatic N) is 1. The summed E-state index contributed by atoms with van der Waals surface area (Å²) in [6, 6.07) is 5.47. The van der Waals surface area contributed by atoms with Crippen LogP contribution in [0.3, 0.4) is 0 Å². The monoisotopic (exact) mass is 415 g/mol. The van der Waals surface area contributed by atoms with Gasteiger partial charge in [-0.25, -0.2) is 13.1 Å². The maximum Gasteiger partial charge on any atom is 0.240 e. The standard InChI is InChI=1S/C19H29N3O3S.ClH/c20-14-17-7-3-4-12-22(17)19(23)10-11-21-26(24,25)18-9-8-15-5-1-2-6-16(15)13-18;/h8-9,13,17,21H,1-7,10-12,14,20H2;1H. The number of halogens is 1. The fourth-order valence-corrected chi connectivity index (χ4v) is 5.05. The van der Waals surface area contributed by atoms with E-state index in [0.29, 0.717) is 11.4 Å². The molecule has 152 valence electrons. The zero-order valence-corrected chi connectivity index (χ0v) is 17.3. The van der Waals surface area contributed by atoms with Gasteiger partial charge in [-0.2, -0.15) is 0 Å². The molecule has 1 amide bonds. The lowest BCUT2D eigenvalue weighted by Gasteiger charge is -2.35. The number of benzene rings is 1. The number of rotatable bonds is 6. The third-order valence-electron chi connectivity index (χ3n) is 5.48. The molecule has 1 fully saturated rings. The average Bonchev–Trinajstić information content (AvgIpc) is 2.67. The summed E-state index contributed by atoms with van der Waals surface area (Å²) >= 11 is 0. The van der Waals surface area contributed by atoms with Gasteiger partial charge in [0.05, 0.1) is 4.90 Å². The van der Waals surface area contributed by atoms with Crippen LogP contribution in [0.15, 0.2) is 23.1 Å². The summed E-state index contributed by atoms with van der Waals surface area (Å²) in [4.78, 5) is 14.5. The Morgan fingerprint density at radius 3 is 2.63 bits per heavy atom. The van der Waals surface area contributed by atoms with E-state index in [4.69, 9.17) is 5.73 Å². The van der Waals surface area contributed by atoms with Crippen LogP contribution in [0, 0.1) is 0 Å². The second-order valence-electron chi connectivity index (χ2n) is 7.26. The number of nitrogens with two attached hydrogens (primary N) is 1. The fraction of sp³-hybridized carbons (Fsp3) is 0.632. The highest BCUT2D eigenvalue weighted by Crippen LogP contribution is 2.24. The number of carbonyl (C=O) groups excluding carboxylic acids is 1. The predicted octanol–water partition coefficient (Wildman–Crippen LogP) is 2.00. The van der Waals surface area contributed by atoms with Crippen LogP contribution in [0.5, 0.6) is 0 Å². The van der Waals surface area contributed by atoms with Crippen LogP contribution >= 0.6 is 12.4 Å². The summed E-state index contributed by atoms with van der Waals surface area (Å²) in [5.41, 5.74) is 8.14. The van der Waals surface area contributed by atoms with E-state index in [-0.39, 0.29) is 37.3 Å². The zero-order chi connectivity index (χ0) is 18.6. The Morgan fingerprint density at radius 1 is 1.15 bits per heavy atom. The first-order chi connectivity index (χ1) is 12.5. The molecule has 1 aliphatic heterocycles. The minimum Gasteiger partial charge on any atom is -0.338 e. The second-order valence-corrected chi connectivity index (χ2v) is 9.02. The van der Waals surface area contributed by atoms with E-state index >= 15 is 0 Å². The number of hydrogen-bond donors (Lipinski definition) is 2. The summed E-state index contributed by atoms with van der Waals surface area (Å²) in [5, 5.41) is 0. The number of likely N-dealkylation sites (tertiary alicyclic amines) is 1. The summed E-state index contributed by atoms with van der Waals surface area (Å²) in [6.45, 7) is 1.30. The van der Waals surface area contributed by atoms with Crippen molar-refractivity contribution >= 4 is 28.3 Å². The first-order valence-electron chi connectivity index (χ1n) is 9.62. The number of carbonyl (C=O) groups is 1. The van der Waals surface area contributed by atoms with E-state index in [2.05, 4.69) is 4.72 Å². The molecule has 0 aromatic heterocycles. The van der Waals surface area contributed by atoms with Crippen LogP contribution < -0.4 is 10.5 Å². The molecule has 1 heterocycles. The van der Waals surface area contributed by atoms with E-state index in [1.165, 1.54) is 12.0 Å². The van der Waals surface area contributed by atoms with E-state index in [1.807, 2.05) is 11.0 Å². The van der Waals surface area contributed by atoms with Gasteiger partial charge in [-0.1, -0.05) is 6.07 Å². The van der Waals surface area contributed by atoms with Gasteiger partial charge in [0.25, 0.3) is 0 Å². The van der Waals surface area contributed by atoms with Crippen LogP contribution in [0.25, 0.3) is 0 Å². The highest BCUT2D eigenvalue weighted by atomic mass is 35.5. The molecule has 1 unspecified atom stereocenters. The molecular formula is C19H30ClN3O3S. The van der Waals surface area contributed by atoms with Crippen molar-refractivity contribution in [1.82, 2.24) is 9.62 Å². The van der Waals surface area contributed by atoms with Gasteiger partial charge in [-0.15, -0.1) is 12.4 Å². The molecule has 1 saturated heterocycles. The molecular weight excluding hydrogens is 386 g/mol. The van der Waals surface area contributed by atoms with Gasteiger partial charge in [0.1, 0.15) is 0 Å². The summed E-state index contributed by atoms with van der Waals surface area (Å²) in [7, 11) is -3.58. The molecule has 0 saturated carbocycles. The maximum atomic E-state index is 12.5. The Labute approximate surface area is 168 Å². The third kappa shape index (κ3) is 5.44. The number of amides is 1. The van der Waals surface area contributed by atoms with Crippen molar-refractivity contribution in [1.29, 1.82) is 0 Å². The number of nitrogens with one attached hydrogen (secondary N) is 1. The van der Waals surface area contributed by atoms with Crippen LogP contribution in [0.4, 0.5) is 0 Å². The van der Waals surface area contributed by atoms with E-state index < -0.39 is 10.0 Å². The van der Waals surface area contributed by atoms with Gasteiger partial charge in [-0.05, 0) is 68.2 Å². The maximum absolute atomic E-state index is 12.5. The minimum atomic E-state index is -3.58. The van der Waals surface area contributed by atoms with Crippen LogP contribution in [-0.2, 0) is 27.7 Å². The minimum absolute atomic E-state index is 0. The quantitative estimate of drug-likeness (QED) is 0.743. The molecule has 1 aromatic rings. The van der Waals surface area contributed by atoms with Crippen LogP contribution in [0.1, 0.15) is 49.7 Å². The predicted molar refractivity (Wildman–Crippen MR) is 109 cm³/mol. The van der Waals surface area contributed by atoms with Crippen LogP contribution in [0.2, 0.25) is 0 Å². The zero-order valence-electron chi connectivity index (χ0n) is 15.7. The SMILES string of the molecule is Cl.NCC1CCCCN1C(=O)CCNS(=O)(=O)c1ccc2c(c1)CCCC2. The van der Waals surface area contributed by atoms with E-state index in [0.717, 1.165) is 50.6 Å².